The molecule has 0 aromatic heterocycles. The lowest BCUT2D eigenvalue weighted by molar-refractivity contribution is 0.0472. The number of primary amides is 1. The van der Waals surface area contributed by atoms with Gasteiger partial charge in [-0.2, -0.15) is 5.26 Å². The van der Waals surface area contributed by atoms with Crippen molar-refractivity contribution >= 4 is 17.7 Å². The number of nitrogens with one attached hydrogen (secondary N) is 1. The van der Waals surface area contributed by atoms with Crippen molar-refractivity contribution in [1.29, 1.82) is 5.26 Å². The smallest absolute Gasteiger partial charge is 0.338 e. The van der Waals surface area contributed by atoms with Crippen molar-refractivity contribution in [3.05, 3.63) is 65.2 Å². The highest BCUT2D eigenvalue weighted by atomic mass is 16.5. The largest absolute Gasteiger partial charge is 0.457 e. The van der Waals surface area contributed by atoms with Crippen molar-refractivity contribution in [2.75, 3.05) is 5.32 Å². The third-order valence-electron chi connectivity index (χ3n) is 2.88. The van der Waals surface area contributed by atoms with Crippen LogP contribution in [0.25, 0.3) is 0 Å². The summed E-state index contributed by atoms with van der Waals surface area (Å²) in [6, 6.07) is 14.4. The highest BCUT2D eigenvalue weighted by molar-refractivity contribution is 5.91. The van der Waals surface area contributed by atoms with E-state index in [1.807, 2.05) is 6.07 Å². The number of hydrogen-bond donors (Lipinski definition) is 2. The molecule has 3 N–H and O–H groups in total. The number of carbonyl (C=O) groups is 2. The molecule has 2 rings (SSSR count). The van der Waals surface area contributed by atoms with Crippen LogP contribution in [-0.2, 0) is 11.3 Å². The number of anilines is 1. The Kier molecular flexibility index (Phi) is 4.73. The Hall–Kier alpha value is -3.33. The maximum Gasteiger partial charge on any atom is 0.338 e. The van der Waals surface area contributed by atoms with Gasteiger partial charge in [-0.05, 0) is 30.3 Å². The first-order valence-corrected chi connectivity index (χ1v) is 6.42. The zero-order chi connectivity index (χ0) is 15.9. The van der Waals surface area contributed by atoms with E-state index in [0.717, 1.165) is 0 Å². The lowest BCUT2D eigenvalue weighted by Crippen LogP contribution is -2.19. The van der Waals surface area contributed by atoms with Crippen LogP contribution in [0.3, 0.4) is 0 Å². The molecule has 0 aliphatic rings. The summed E-state index contributed by atoms with van der Waals surface area (Å²) >= 11 is 0. The molecule has 2 amide bonds. The lowest BCUT2D eigenvalue weighted by Gasteiger charge is -2.07. The van der Waals surface area contributed by atoms with E-state index in [0.29, 0.717) is 22.4 Å². The molecule has 0 unspecified atom stereocenters. The summed E-state index contributed by atoms with van der Waals surface area (Å²) in [5.41, 5.74) is 6.93. The fourth-order valence-corrected chi connectivity index (χ4v) is 1.81. The summed E-state index contributed by atoms with van der Waals surface area (Å²) in [7, 11) is 0. The predicted octanol–water partition coefficient (Wildman–Crippen LogP) is 2.41. The zero-order valence-corrected chi connectivity index (χ0v) is 11.6. The Morgan fingerprint density at radius 3 is 2.45 bits per heavy atom. The van der Waals surface area contributed by atoms with Gasteiger partial charge >= 0.3 is 12.0 Å². The Labute approximate surface area is 127 Å². The number of nitriles is 1. The van der Waals surface area contributed by atoms with Crippen LogP contribution in [0, 0.1) is 11.3 Å². The van der Waals surface area contributed by atoms with Crippen molar-refractivity contribution in [2.45, 2.75) is 6.61 Å². The number of amides is 2. The van der Waals surface area contributed by atoms with E-state index in [1.54, 1.807) is 36.4 Å². The standard InChI is InChI=1S/C16H13N3O3/c17-9-12-3-1-2-4-13(12)10-22-15(20)11-5-7-14(8-6-11)19-16(18)21/h1-8H,10H2,(H3,18,19,21). The Balaban J connectivity index is 2.00. The van der Waals surface area contributed by atoms with Gasteiger partial charge in [-0.15, -0.1) is 0 Å². The van der Waals surface area contributed by atoms with Crippen LogP contribution in [-0.4, -0.2) is 12.0 Å². The summed E-state index contributed by atoms with van der Waals surface area (Å²) in [5.74, 6) is -0.515. The molecule has 22 heavy (non-hydrogen) atoms. The van der Waals surface area contributed by atoms with Gasteiger partial charge in [0.25, 0.3) is 0 Å². The molecule has 0 fully saturated rings. The molecule has 0 spiro atoms. The SMILES string of the molecule is N#Cc1ccccc1COC(=O)c1ccc(NC(N)=O)cc1. The number of ether oxygens (including phenoxy) is 1. The molecule has 2 aromatic rings. The van der Waals surface area contributed by atoms with Gasteiger partial charge in [-0.3, -0.25) is 0 Å². The predicted molar refractivity (Wildman–Crippen MR) is 79.9 cm³/mol. The molecule has 6 heteroatoms. The quantitative estimate of drug-likeness (QED) is 0.845. The van der Waals surface area contributed by atoms with Crippen molar-refractivity contribution < 1.29 is 14.3 Å². The first kappa shape index (κ1) is 15.1. The molecule has 0 heterocycles. The van der Waals surface area contributed by atoms with Crippen molar-refractivity contribution in [2.24, 2.45) is 5.73 Å². The summed E-state index contributed by atoms with van der Waals surface area (Å²) in [6.45, 7) is 0.0177. The van der Waals surface area contributed by atoms with E-state index in [1.165, 1.54) is 12.1 Å². The van der Waals surface area contributed by atoms with Crippen LogP contribution < -0.4 is 11.1 Å². The van der Waals surface area contributed by atoms with Crippen LogP contribution in [0.4, 0.5) is 10.5 Å². The van der Waals surface area contributed by atoms with E-state index in [-0.39, 0.29) is 6.61 Å². The third-order valence-corrected chi connectivity index (χ3v) is 2.88. The molecule has 0 saturated carbocycles. The minimum Gasteiger partial charge on any atom is -0.457 e. The normalized spacial score (nSPS) is 9.59. The van der Waals surface area contributed by atoms with Crippen LogP contribution in [0.2, 0.25) is 0 Å². The lowest BCUT2D eigenvalue weighted by atomic mass is 10.1. The second-order valence-electron chi connectivity index (χ2n) is 4.41. The average Bonchev–Trinajstić information content (AvgIpc) is 2.53. The van der Waals surface area contributed by atoms with E-state index in [9.17, 15) is 9.59 Å². The molecule has 0 saturated heterocycles. The Morgan fingerprint density at radius 2 is 1.82 bits per heavy atom. The minimum absolute atomic E-state index is 0.0177. The summed E-state index contributed by atoms with van der Waals surface area (Å²) in [6.07, 6.45) is 0. The molecule has 0 radical (unpaired) electrons. The minimum atomic E-state index is -0.677. The van der Waals surface area contributed by atoms with Crippen molar-refractivity contribution in [3.63, 3.8) is 0 Å². The van der Waals surface area contributed by atoms with E-state index < -0.39 is 12.0 Å². The van der Waals surface area contributed by atoms with Crippen molar-refractivity contribution in [3.8, 4) is 6.07 Å². The van der Waals surface area contributed by atoms with Gasteiger partial charge in [0.1, 0.15) is 6.61 Å². The summed E-state index contributed by atoms with van der Waals surface area (Å²) in [5, 5.41) is 11.4. The maximum atomic E-state index is 11.9. The number of carbonyl (C=O) groups excluding carboxylic acids is 2. The van der Waals surface area contributed by atoms with Gasteiger partial charge in [0.2, 0.25) is 0 Å². The van der Waals surface area contributed by atoms with E-state index in [4.69, 9.17) is 15.7 Å². The molecule has 2 aromatic carbocycles. The monoisotopic (exact) mass is 295 g/mol. The Bertz CT molecular complexity index is 733. The summed E-state index contributed by atoms with van der Waals surface area (Å²) in [4.78, 5) is 22.6. The molecule has 0 atom stereocenters. The van der Waals surface area contributed by atoms with Crippen LogP contribution in [0.15, 0.2) is 48.5 Å². The van der Waals surface area contributed by atoms with Gasteiger partial charge in [-0.25, -0.2) is 9.59 Å². The first-order chi connectivity index (χ1) is 10.6. The molecule has 6 nitrogen and oxygen atoms in total. The van der Waals surface area contributed by atoms with E-state index in [2.05, 4.69) is 5.32 Å². The third kappa shape index (κ3) is 3.84. The fourth-order valence-electron chi connectivity index (χ4n) is 1.81. The fraction of sp³-hybridized carbons (Fsp3) is 0.0625. The van der Waals surface area contributed by atoms with E-state index >= 15 is 0 Å². The molecule has 0 aliphatic heterocycles. The Morgan fingerprint density at radius 1 is 1.14 bits per heavy atom. The van der Waals surface area contributed by atoms with Crippen LogP contribution >= 0.6 is 0 Å². The number of urea groups is 1. The van der Waals surface area contributed by atoms with Gasteiger partial charge in [-0.1, -0.05) is 18.2 Å². The highest BCUT2D eigenvalue weighted by Gasteiger charge is 2.09. The number of esters is 1. The van der Waals surface area contributed by atoms with Gasteiger partial charge in [0.05, 0.1) is 17.2 Å². The number of nitrogens with zero attached hydrogens (tertiary/aromatic N) is 1. The second kappa shape index (κ2) is 6.90. The summed E-state index contributed by atoms with van der Waals surface area (Å²) < 4.78 is 5.18. The average molecular weight is 295 g/mol. The zero-order valence-electron chi connectivity index (χ0n) is 11.6. The molecular weight excluding hydrogens is 282 g/mol. The van der Waals surface area contributed by atoms with Crippen LogP contribution in [0.5, 0.6) is 0 Å². The molecule has 0 bridgehead atoms. The van der Waals surface area contributed by atoms with Gasteiger partial charge < -0.3 is 15.8 Å². The topological polar surface area (TPSA) is 105 Å². The number of rotatable bonds is 4. The maximum absolute atomic E-state index is 11.9. The highest BCUT2D eigenvalue weighted by Crippen LogP contribution is 2.13. The van der Waals surface area contributed by atoms with Gasteiger partial charge in [0.15, 0.2) is 0 Å². The number of nitrogens with two attached hydrogens (primary N) is 1. The van der Waals surface area contributed by atoms with Gasteiger partial charge in [0, 0.05) is 11.3 Å². The van der Waals surface area contributed by atoms with Crippen molar-refractivity contribution in [1.82, 2.24) is 0 Å². The number of benzene rings is 2. The second-order valence-corrected chi connectivity index (χ2v) is 4.41. The molecule has 0 aliphatic carbocycles. The van der Waals surface area contributed by atoms with Crippen LogP contribution in [0.1, 0.15) is 21.5 Å². The molecule has 110 valence electrons. The number of hydrogen-bond acceptors (Lipinski definition) is 4. The molecular formula is C16H13N3O3. The first-order valence-electron chi connectivity index (χ1n) is 6.42.